The van der Waals surface area contributed by atoms with Crippen LogP contribution in [0.2, 0.25) is 0 Å². The van der Waals surface area contributed by atoms with E-state index in [-0.39, 0.29) is 12.5 Å². The van der Waals surface area contributed by atoms with E-state index in [1.165, 1.54) is 10.6 Å². The molecule has 0 saturated carbocycles. The number of nitrogens with zero attached hydrogens (tertiary/aromatic N) is 3. The molecule has 0 spiro atoms. The molecule has 1 amide bonds. The number of hydrogen-bond donors (Lipinski definition) is 1. The maximum atomic E-state index is 12.7. The summed E-state index contributed by atoms with van der Waals surface area (Å²) in [5, 5.41) is 0.846. The number of rotatable bonds is 5. The Kier molecular flexibility index (Phi) is 7.09. The lowest BCUT2D eigenvalue weighted by Crippen LogP contribution is -2.45. The van der Waals surface area contributed by atoms with Gasteiger partial charge < -0.3 is 14.2 Å². The van der Waals surface area contributed by atoms with E-state index in [9.17, 15) is 13.2 Å². The standard InChI is InChI=1S/C21H30N4O6S/c1-21(2,3)31-20(26)24-32(27,28)25-9-6-7-14(8-10-25)19-15-11-17(29-4)18(30-5)12-16(15)22-13-23-19/h11-14H,6-10H2,1-5H3,(H,24,26). The lowest BCUT2D eigenvalue weighted by atomic mass is 9.93. The number of carbonyl (C=O) groups excluding carboxylic acids is 1. The highest BCUT2D eigenvalue weighted by molar-refractivity contribution is 7.87. The Labute approximate surface area is 188 Å². The fourth-order valence-corrected chi connectivity index (χ4v) is 4.88. The highest BCUT2D eigenvalue weighted by Gasteiger charge is 2.30. The summed E-state index contributed by atoms with van der Waals surface area (Å²) in [5.74, 6) is 1.19. The molecular formula is C21H30N4O6S. The number of ether oxygens (including phenoxy) is 3. The van der Waals surface area contributed by atoms with Gasteiger partial charge in [0.1, 0.15) is 11.9 Å². The average molecular weight is 467 g/mol. The predicted molar refractivity (Wildman–Crippen MR) is 119 cm³/mol. The summed E-state index contributed by atoms with van der Waals surface area (Å²) in [5.41, 5.74) is 0.782. The SMILES string of the molecule is COc1cc2ncnc(C3CCCN(S(=O)(=O)NC(=O)OC(C)(C)C)CC3)c2cc1OC. The van der Waals surface area contributed by atoms with E-state index in [0.717, 1.165) is 23.0 Å². The summed E-state index contributed by atoms with van der Waals surface area (Å²) >= 11 is 0. The highest BCUT2D eigenvalue weighted by atomic mass is 32.2. The molecule has 11 heteroatoms. The van der Waals surface area contributed by atoms with Crippen LogP contribution in [-0.2, 0) is 14.9 Å². The largest absolute Gasteiger partial charge is 0.493 e. The van der Waals surface area contributed by atoms with E-state index >= 15 is 0 Å². The zero-order chi connectivity index (χ0) is 23.5. The van der Waals surface area contributed by atoms with Crippen molar-refractivity contribution in [3.05, 3.63) is 24.2 Å². The molecule has 1 aliphatic rings. The second-order valence-corrected chi connectivity index (χ2v) is 10.3. The summed E-state index contributed by atoms with van der Waals surface area (Å²) in [7, 11) is -0.871. The molecule has 1 atom stereocenters. The van der Waals surface area contributed by atoms with Crippen LogP contribution in [0.25, 0.3) is 10.9 Å². The molecular weight excluding hydrogens is 436 g/mol. The van der Waals surface area contributed by atoms with Crippen LogP contribution in [0, 0.1) is 0 Å². The Morgan fingerprint density at radius 3 is 2.44 bits per heavy atom. The Hall–Kier alpha value is -2.66. The molecule has 2 aromatic rings. The first-order chi connectivity index (χ1) is 15.0. The fraction of sp³-hybridized carbons (Fsp3) is 0.571. The maximum absolute atomic E-state index is 12.7. The summed E-state index contributed by atoms with van der Waals surface area (Å²) in [6.45, 7) is 5.57. The van der Waals surface area contributed by atoms with Crippen LogP contribution in [0.5, 0.6) is 11.5 Å². The van der Waals surface area contributed by atoms with Gasteiger partial charge in [0.25, 0.3) is 0 Å². The predicted octanol–water partition coefficient (Wildman–Crippen LogP) is 2.99. The van der Waals surface area contributed by atoms with Gasteiger partial charge in [-0.05, 0) is 46.1 Å². The quantitative estimate of drug-likeness (QED) is 0.714. The minimum absolute atomic E-state index is 0.0281. The van der Waals surface area contributed by atoms with Crippen LogP contribution in [0.1, 0.15) is 51.6 Å². The molecule has 1 aromatic heterocycles. The monoisotopic (exact) mass is 466 g/mol. The minimum atomic E-state index is -4.01. The van der Waals surface area contributed by atoms with Gasteiger partial charge in [-0.2, -0.15) is 12.7 Å². The van der Waals surface area contributed by atoms with Crippen molar-refractivity contribution >= 4 is 27.2 Å². The van der Waals surface area contributed by atoms with Crippen LogP contribution in [-0.4, -0.2) is 61.7 Å². The lowest BCUT2D eigenvalue weighted by Gasteiger charge is -2.23. The summed E-state index contributed by atoms with van der Waals surface area (Å²) in [6.07, 6.45) is 2.45. The van der Waals surface area contributed by atoms with Crippen LogP contribution >= 0.6 is 0 Å². The minimum Gasteiger partial charge on any atom is -0.493 e. The van der Waals surface area contributed by atoms with Gasteiger partial charge in [0.15, 0.2) is 11.5 Å². The molecule has 1 saturated heterocycles. The fourth-order valence-electron chi connectivity index (χ4n) is 3.78. The first-order valence-corrected chi connectivity index (χ1v) is 11.9. The molecule has 32 heavy (non-hydrogen) atoms. The number of nitrogens with one attached hydrogen (secondary N) is 1. The lowest BCUT2D eigenvalue weighted by molar-refractivity contribution is 0.0567. The number of aromatic nitrogens is 2. The molecule has 2 heterocycles. The van der Waals surface area contributed by atoms with Crippen molar-refractivity contribution in [3.63, 3.8) is 0 Å². The Bertz CT molecular complexity index is 1080. The number of benzene rings is 1. The first kappa shape index (κ1) is 24.0. The zero-order valence-electron chi connectivity index (χ0n) is 19.0. The summed E-state index contributed by atoms with van der Waals surface area (Å²) in [4.78, 5) is 20.8. The number of carbonyl (C=O) groups is 1. The molecule has 3 rings (SSSR count). The number of amides is 1. The average Bonchev–Trinajstić information content (AvgIpc) is 2.97. The number of hydrogen-bond acceptors (Lipinski definition) is 8. The van der Waals surface area contributed by atoms with Crippen LogP contribution in [0.3, 0.4) is 0 Å². The third-order valence-corrected chi connectivity index (χ3v) is 6.67. The van der Waals surface area contributed by atoms with Gasteiger partial charge in [0, 0.05) is 30.5 Å². The molecule has 1 aliphatic heterocycles. The summed E-state index contributed by atoms with van der Waals surface area (Å²) < 4.78 is 44.6. The van der Waals surface area contributed by atoms with Gasteiger partial charge in [-0.3, -0.25) is 0 Å². The van der Waals surface area contributed by atoms with Crippen LogP contribution in [0.15, 0.2) is 18.5 Å². The molecule has 1 fully saturated rings. The van der Waals surface area contributed by atoms with Gasteiger partial charge in [0.05, 0.1) is 25.4 Å². The van der Waals surface area contributed by atoms with Crippen molar-refractivity contribution < 1.29 is 27.4 Å². The van der Waals surface area contributed by atoms with E-state index in [2.05, 4.69) is 9.97 Å². The molecule has 0 bridgehead atoms. The smallest absolute Gasteiger partial charge is 0.422 e. The van der Waals surface area contributed by atoms with Crippen molar-refractivity contribution in [2.45, 2.75) is 51.6 Å². The van der Waals surface area contributed by atoms with Gasteiger partial charge in [-0.15, -0.1) is 0 Å². The van der Waals surface area contributed by atoms with Crippen LogP contribution < -0.4 is 14.2 Å². The molecule has 10 nitrogen and oxygen atoms in total. The Balaban J connectivity index is 1.79. The zero-order valence-corrected chi connectivity index (χ0v) is 19.9. The molecule has 0 radical (unpaired) electrons. The van der Waals surface area contributed by atoms with Gasteiger partial charge in [0.2, 0.25) is 0 Å². The van der Waals surface area contributed by atoms with Crippen LogP contribution in [0.4, 0.5) is 4.79 Å². The number of methoxy groups -OCH3 is 2. The Morgan fingerprint density at radius 2 is 1.78 bits per heavy atom. The van der Waals surface area contributed by atoms with E-state index in [1.807, 2.05) is 10.8 Å². The van der Waals surface area contributed by atoms with Crippen molar-refractivity contribution in [1.82, 2.24) is 19.0 Å². The van der Waals surface area contributed by atoms with E-state index < -0.39 is 21.9 Å². The van der Waals surface area contributed by atoms with E-state index in [0.29, 0.717) is 30.9 Å². The van der Waals surface area contributed by atoms with Crippen molar-refractivity contribution in [2.75, 3.05) is 27.3 Å². The molecule has 0 aliphatic carbocycles. The number of fused-ring (bicyclic) bond motifs is 1. The molecule has 176 valence electrons. The van der Waals surface area contributed by atoms with Gasteiger partial charge >= 0.3 is 16.3 Å². The van der Waals surface area contributed by atoms with Crippen molar-refractivity contribution in [2.24, 2.45) is 0 Å². The summed E-state index contributed by atoms with van der Waals surface area (Å²) in [6, 6.07) is 3.66. The van der Waals surface area contributed by atoms with Gasteiger partial charge in [-0.25, -0.2) is 19.5 Å². The third kappa shape index (κ3) is 5.57. The van der Waals surface area contributed by atoms with E-state index in [4.69, 9.17) is 14.2 Å². The molecule has 1 aromatic carbocycles. The molecule has 1 unspecified atom stereocenters. The first-order valence-electron chi connectivity index (χ1n) is 10.4. The maximum Gasteiger partial charge on any atom is 0.422 e. The third-order valence-electron chi connectivity index (χ3n) is 5.20. The van der Waals surface area contributed by atoms with Crippen molar-refractivity contribution in [1.29, 1.82) is 0 Å². The van der Waals surface area contributed by atoms with Crippen molar-refractivity contribution in [3.8, 4) is 11.5 Å². The normalized spacial score (nSPS) is 18.1. The highest BCUT2D eigenvalue weighted by Crippen LogP contribution is 2.36. The Morgan fingerprint density at radius 1 is 1.09 bits per heavy atom. The van der Waals surface area contributed by atoms with E-state index in [1.54, 1.807) is 41.1 Å². The second kappa shape index (κ2) is 9.45. The second-order valence-electron chi connectivity index (χ2n) is 8.62. The topological polar surface area (TPSA) is 120 Å². The molecule has 1 N–H and O–H groups in total. The van der Waals surface area contributed by atoms with Gasteiger partial charge in [-0.1, -0.05) is 0 Å².